The quantitative estimate of drug-likeness (QED) is 0.454. The second-order valence-corrected chi connectivity index (χ2v) is 10.2. The lowest BCUT2D eigenvalue weighted by Gasteiger charge is -2.23. The highest BCUT2D eigenvalue weighted by Crippen LogP contribution is 2.39. The lowest BCUT2D eigenvalue weighted by Crippen LogP contribution is -2.25. The number of hydrogen-bond donors (Lipinski definition) is 1. The fraction of sp³-hybridized carbons (Fsp3) is 0.241. The van der Waals surface area contributed by atoms with Gasteiger partial charge in [-0.15, -0.1) is 0 Å². The first-order valence-electron chi connectivity index (χ1n) is 12.2. The van der Waals surface area contributed by atoms with Crippen LogP contribution in [0, 0.1) is 6.92 Å². The van der Waals surface area contributed by atoms with Crippen LogP contribution in [-0.4, -0.2) is 47.2 Å². The second kappa shape index (κ2) is 11.1. The van der Waals surface area contributed by atoms with Gasteiger partial charge in [-0.25, -0.2) is 5.01 Å². The number of hydrazone groups is 1. The zero-order chi connectivity index (χ0) is 26.6. The van der Waals surface area contributed by atoms with E-state index in [0.717, 1.165) is 22.6 Å². The van der Waals surface area contributed by atoms with Crippen molar-refractivity contribution in [1.82, 2.24) is 5.01 Å². The zero-order valence-electron chi connectivity index (χ0n) is 21.4. The Kier molecular flexibility index (Phi) is 7.46. The van der Waals surface area contributed by atoms with E-state index in [1.54, 1.807) is 26.4 Å². The highest BCUT2D eigenvalue weighted by molar-refractivity contribution is 8.15. The minimum atomic E-state index is -0.630. The van der Waals surface area contributed by atoms with E-state index >= 15 is 0 Å². The Balaban J connectivity index is 1.35. The molecule has 1 N–H and O–H groups in total. The van der Waals surface area contributed by atoms with E-state index in [1.165, 1.54) is 17.3 Å². The standard InChI is InChI=1S/C29H28N4O4S/c1-18-8-10-19(11-9-18)23-16-24(20-12-14-21(36-2)15-13-20)33(32-23)29-31-28(35)26(38-29)17-27(34)30-22-6-4-5-7-25(22)37-3/h4-15,24,26H,16-17H2,1-3H3,(H,30,34). The fourth-order valence-electron chi connectivity index (χ4n) is 4.41. The van der Waals surface area contributed by atoms with Crippen molar-refractivity contribution in [3.8, 4) is 11.5 Å². The number of para-hydroxylation sites is 2. The summed E-state index contributed by atoms with van der Waals surface area (Å²) < 4.78 is 10.6. The van der Waals surface area contributed by atoms with Crippen molar-refractivity contribution in [2.24, 2.45) is 10.1 Å². The number of methoxy groups -OCH3 is 2. The number of nitrogens with one attached hydrogen (secondary N) is 1. The van der Waals surface area contributed by atoms with Crippen molar-refractivity contribution in [3.63, 3.8) is 0 Å². The van der Waals surface area contributed by atoms with Crippen LogP contribution in [0.25, 0.3) is 0 Å². The summed E-state index contributed by atoms with van der Waals surface area (Å²) in [5.41, 5.74) is 4.71. The molecule has 0 aliphatic carbocycles. The van der Waals surface area contributed by atoms with Gasteiger partial charge in [-0.1, -0.05) is 65.9 Å². The molecule has 0 aromatic heterocycles. The summed E-state index contributed by atoms with van der Waals surface area (Å²) in [6.45, 7) is 2.05. The van der Waals surface area contributed by atoms with Crippen LogP contribution in [0.15, 0.2) is 82.9 Å². The molecule has 3 aromatic carbocycles. The molecule has 38 heavy (non-hydrogen) atoms. The number of thioether (sulfide) groups is 1. The van der Waals surface area contributed by atoms with Gasteiger partial charge in [0.2, 0.25) is 5.91 Å². The number of ether oxygens (including phenoxy) is 2. The number of hydrogen-bond acceptors (Lipinski definition) is 7. The Hall–Kier alpha value is -4.11. The normalized spacial score (nSPS) is 18.7. The number of carbonyl (C=O) groups excluding carboxylic acids is 2. The largest absolute Gasteiger partial charge is 0.497 e. The summed E-state index contributed by atoms with van der Waals surface area (Å²) in [4.78, 5) is 30.0. The van der Waals surface area contributed by atoms with E-state index in [-0.39, 0.29) is 24.3 Å². The summed E-state index contributed by atoms with van der Waals surface area (Å²) in [7, 11) is 3.18. The molecule has 5 rings (SSSR count). The van der Waals surface area contributed by atoms with Gasteiger partial charge in [-0.2, -0.15) is 10.1 Å². The molecule has 2 amide bonds. The summed E-state index contributed by atoms with van der Waals surface area (Å²) in [6, 6.07) is 23.1. The minimum Gasteiger partial charge on any atom is -0.497 e. The van der Waals surface area contributed by atoms with Gasteiger partial charge in [0, 0.05) is 12.8 Å². The van der Waals surface area contributed by atoms with Gasteiger partial charge in [0.15, 0.2) is 5.17 Å². The number of anilines is 1. The summed E-state index contributed by atoms with van der Waals surface area (Å²) in [5.74, 6) is 0.698. The topological polar surface area (TPSA) is 92.6 Å². The molecule has 3 aromatic rings. The number of rotatable bonds is 7. The minimum absolute atomic E-state index is 0.00980. The van der Waals surface area contributed by atoms with Crippen LogP contribution in [-0.2, 0) is 9.59 Å². The van der Waals surface area contributed by atoms with Crippen LogP contribution in [0.5, 0.6) is 11.5 Å². The van der Waals surface area contributed by atoms with Crippen molar-refractivity contribution in [3.05, 3.63) is 89.5 Å². The molecule has 0 saturated carbocycles. The number of amides is 2. The van der Waals surface area contributed by atoms with Gasteiger partial charge in [-0.05, 0) is 42.3 Å². The summed E-state index contributed by atoms with van der Waals surface area (Å²) >= 11 is 1.27. The van der Waals surface area contributed by atoms with Gasteiger partial charge >= 0.3 is 0 Å². The third-order valence-corrected chi connectivity index (χ3v) is 7.61. The van der Waals surface area contributed by atoms with E-state index in [9.17, 15) is 9.59 Å². The van der Waals surface area contributed by atoms with Crippen LogP contribution < -0.4 is 14.8 Å². The average Bonchev–Trinajstić information content (AvgIpc) is 3.53. The van der Waals surface area contributed by atoms with Crippen LogP contribution in [0.3, 0.4) is 0 Å². The van der Waals surface area contributed by atoms with E-state index < -0.39 is 5.25 Å². The Bertz CT molecular complexity index is 1400. The fourth-order valence-corrected chi connectivity index (χ4v) is 5.48. The molecule has 0 radical (unpaired) electrons. The molecule has 8 nitrogen and oxygen atoms in total. The SMILES string of the molecule is COc1ccc(C2CC(c3ccc(C)cc3)=NN2C2=NC(=O)C(CC(=O)Nc3ccccc3OC)S2)cc1. The predicted octanol–water partition coefficient (Wildman–Crippen LogP) is 5.19. The Labute approximate surface area is 225 Å². The smallest absolute Gasteiger partial charge is 0.262 e. The first kappa shape index (κ1) is 25.5. The molecule has 0 saturated heterocycles. The average molecular weight is 529 g/mol. The summed E-state index contributed by atoms with van der Waals surface area (Å²) in [5, 5.41) is 9.43. The van der Waals surface area contributed by atoms with Gasteiger partial charge in [0.25, 0.3) is 5.91 Å². The Morgan fingerprint density at radius 1 is 1.03 bits per heavy atom. The second-order valence-electron chi connectivity index (χ2n) is 9.04. The maximum atomic E-state index is 12.9. The van der Waals surface area contributed by atoms with Crippen molar-refractivity contribution in [2.75, 3.05) is 19.5 Å². The van der Waals surface area contributed by atoms with Crippen LogP contribution >= 0.6 is 11.8 Å². The van der Waals surface area contributed by atoms with Crippen molar-refractivity contribution in [2.45, 2.75) is 31.1 Å². The van der Waals surface area contributed by atoms with Crippen molar-refractivity contribution < 1.29 is 19.1 Å². The molecule has 2 aliphatic heterocycles. The molecule has 0 bridgehead atoms. The van der Waals surface area contributed by atoms with E-state index in [1.807, 2.05) is 48.3 Å². The highest BCUT2D eigenvalue weighted by Gasteiger charge is 2.39. The van der Waals surface area contributed by atoms with Gasteiger partial charge in [0.1, 0.15) is 16.7 Å². The number of aliphatic imine (C=N–C) groups is 1. The zero-order valence-corrected chi connectivity index (χ0v) is 22.2. The molecular weight excluding hydrogens is 500 g/mol. The van der Waals surface area contributed by atoms with Crippen molar-refractivity contribution >= 4 is 40.1 Å². The van der Waals surface area contributed by atoms with E-state index in [0.29, 0.717) is 23.0 Å². The molecule has 2 atom stereocenters. The van der Waals surface area contributed by atoms with Gasteiger partial charge in [0.05, 0.1) is 31.7 Å². The molecule has 0 fully saturated rings. The molecule has 2 unspecified atom stereocenters. The van der Waals surface area contributed by atoms with Crippen LogP contribution in [0.2, 0.25) is 0 Å². The maximum Gasteiger partial charge on any atom is 0.262 e. The van der Waals surface area contributed by atoms with Gasteiger partial charge in [-0.3, -0.25) is 9.59 Å². The van der Waals surface area contributed by atoms with Crippen LogP contribution in [0.1, 0.15) is 35.6 Å². The third kappa shape index (κ3) is 5.43. The first-order chi connectivity index (χ1) is 18.4. The molecule has 0 spiro atoms. The number of amidine groups is 1. The van der Waals surface area contributed by atoms with E-state index in [4.69, 9.17) is 14.6 Å². The van der Waals surface area contributed by atoms with Crippen molar-refractivity contribution in [1.29, 1.82) is 0 Å². The lowest BCUT2D eigenvalue weighted by atomic mass is 9.98. The highest BCUT2D eigenvalue weighted by atomic mass is 32.2. The number of aryl methyl sites for hydroxylation is 1. The lowest BCUT2D eigenvalue weighted by molar-refractivity contribution is -0.121. The molecular formula is C29H28N4O4S. The molecule has 9 heteroatoms. The first-order valence-corrected chi connectivity index (χ1v) is 13.1. The number of benzene rings is 3. The molecule has 194 valence electrons. The summed E-state index contributed by atoms with van der Waals surface area (Å²) in [6.07, 6.45) is 0.645. The number of carbonyl (C=O) groups is 2. The monoisotopic (exact) mass is 528 g/mol. The third-order valence-electron chi connectivity index (χ3n) is 6.47. The Morgan fingerprint density at radius 3 is 2.47 bits per heavy atom. The predicted molar refractivity (Wildman–Crippen MR) is 150 cm³/mol. The number of nitrogens with zero attached hydrogens (tertiary/aromatic N) is 3. The van der Waals surface area contributed by atoms with E-state index in [2.05, 4.69) is 34.6 Å². The molecule has 2 heterocycles. The van der Waals surface area contributed by atoms with Crippen LogP contribution in [0.4, 0.5) is 5.69 Å². The maximum absolute atomic E-state index is 12.9. The Morgan fingerprint density at radius 2 is 1.76 bits per heavy atom. The molecule has 2 aliphatic rings. The van der Waals surface area contributed by atoms with Gasteiger partial charge < -0.3 is 14.8 Å².